The molecule has 0 saturated carbocycles. The van der Waals surface area contributed by atoms with Gasteiger partial charge in [0.25, 0.3) is 5.91 Å². The lowest BCUT2D eigenvalue weighted by atomic mass is 10.1. The molecule has 25 heavy (non-hydrogen) atoms. The van der Waals surface area contributed by atoms with Gasteiger partial charge in [0.2, 0.25) is 5.91 Å². The highest BCUT2D eigenvalue weighted by Crippen LogP contribution is 2.35. The van der Waals surface area contributed by atoms with Crippen molar-refractivity contribution < 1.29 is 14.3 Å². The van der Waals surface area contributed by atoms with Crippen molar-refractivity contribution in [2.24, 2.45) is 0 Å². The van der Waals surface area contributed by atoms with Crippen LogP contribution in [0.4, 0.5) is 5.69 Å². The monoisotopic (exact) mass is 356 g/mol. The van der Waals surface area contributed by atoms with Gasteiger partial charge in [-0.15, -0.1) is 11.8 Å². The van der Waals surface area contributed by atoms with Crippen LogP contribution in [0.25, 0.3) is 0 Å². The predicted octanol–water partition coefficient (Wildman–Crippen LogP) is 2.70. The van der Waals surface area contributed by atoms with Crippen molar-refractivity contribution in [2.75, 3.05) is 30.9 Å². The Morgan fingerprint density at radius 3 is 2.92 bits per heavy atom. The Balaban J connectivity index is 1.76. The summed E-state index contributed by atoms with van der Waals surface area (Å²) in [4.78, 5) is 27.4. The van der Waals surface area contributed by atoms with Crippen molar-refractivity contribution in [2.45, 2.75) is 11.4 Å². The zero-order valence-electron chi connectivity index (χ0n) is 14.0. The number of methoxy groups -OCH3 is 1. The SMILES string of the molecule is COCCNC(=O)c1cccc(CN2C(=O)CSc3ccccc32)c1. The number of ether oxygens (including phenoxy) is 1. The van der Waals surface area contributed by atoms with Crippen LogP contribution in [-0.2, 0) is 16.1 Å². The molecule has 0 fully saturated rings. The third kappa shape index (κ3) is 4.21. The molecule has 0 radical (unpaired) electrons. The number of hydrogen-bond acceptors (Lipinski definition) is 4. The number of thioether (sulfide) groups is 1. The van der Waals surface area contributed by atoms with E-state index in [0.29, 0.717) is 31.0 Å². The molecular formula is C19H20N2O3S. The minimum Gasteiger partial charge on any atom is -0.383 e. The summed E-state index contributed by atoms with van der Waals surface area (Å²) >= 11 is 1.56. The van der Waals surface area contributed by atoms with Crippen LogP contribution in [0.1, 0.15) is 15.9 Å². The number of hydrogen-bond donors (Lipinski definition) is 1. The van der Waals surface area contributed by atoms with E-state index in [0.717, 1.165) is 16.1 Å². The number of para-hydroxylation sites is 1. The first-order chi connectivity index (χ1) is 12.2. The summed E-state index contributed by atoms with van der Waals surface area (Å²) in [5.74, 6) is 0.382. The third-order valence-corrected chi connectivity index (χ3v) is 4.98. The smallest absolute Gasteiger partial charge is 0.251 e. The van der Waals surface area contributed by atoms with E-state index < -0.39 is 0 Å². The number of anilines is 1. The zero-order chi connectivity index (χ0) is 17.6. The minimum absolute atomic E-state index is 0.0821. The predicted molar refractivity (Wildman–Crippen MR) is 99.0 cm³/mol. The number of carbonyl (C=O) groups excluding carboxylic acids is 2. The lowest BCUT2D eigenvalue weighted by Crippen LogP contribution is -2.34. The summed E-state index contributed by atoms with van der Waals surface area (Å²) in [5.41, 5.74) is 2.44. The maximum atomic E-state index is 12.4. The summed E-state index contributed by atoms with van der Waals surface area (Å²) in [6.07, 6.45) is 0. The highest BCUT2D eigenvalue weighted by atomic mass is 32.2. The molecule has 2 aromatic carbocycles. The molecule has 0 aromatic heterocycles. The second-order valence-corrected chi connectivity index (χ2v) is 6.70. The van der Waals surface area contributed by atoms with Crippen molar-refractivity contribution in [3.05, 3.63) is 59.7 Å². The van der Waals surface area contributed by atoms with Crippen LogP contribution < -0.4 is 10.2 Å². The first kappa shape index (κ1) is 17.5. The van der Waals surface area contributed by atoms with Gasteiger partial charge in [-0.2, -0.15) is 0 Å². The molecule has 0 spiro atoms. The maximum absolute atomic E-state index is 12.4. The number of carbonyl (C=O) groups is 2. The lowest BCUT2D eigenvalue weighted by Gasteiger charge is -2.29. The van der Waals surface area contributed by atoms with Gasteiger partial charge >= 0.3 is 0 Å². The fourth-order valence-corrected chi connectivity index (χ4v) is 3.63. The molecular weight excluding hydrogens is 336 g/mol. The summed E-state index contributed by atoms with van der Waals surface area (Å²) in [6.45, 7) is 1.40. The molecule has 130 valence electrons. The van der Waals surface area contributed by atoms with Gasteiger partial charge in [0.1, 0.15) is 0 Å². The molecule has 1 N–H and O–H groups in total. The van der Waals surface area contributed by atoms with Gasteiger partial charge in [-0.1, -0.05) is 24.3 Å². The van der Waals surface area contributed by atoms with Crippen LogP contribution in [0.3, 0.4) is 0 Å². The van der Waals surface area contributed by atoms with E-state index >= 15 is 0 Å². The van der Waals surface area contributed by atoms with E-state index in [9.17, 15) is 9.59 Å². The van der Waals surface area contributed by atoms with Gasteiger partial charge in [0.05, 0.1) is 24.6 Å². The van der Waals surface area contributed by atoms with E-state index in [-0.39, 0.29) is 11.8 Å². The summed E-state index contributed by atoms with van der Waals surface area (Å²) < 4.78 is 4.94. The topological polar surface area (TPSA) is 58.6 Å². The van der Waals surface area contributed by atoms with E-state index in [1.165, 1.54) is 0 Å². The van der Waals surface area contributed by atoms with E-state index in [1.807, 2.05) is 42.5 Å². The zero-order valence-corrected chi connectivity index (χ0v) is 14.8. The number of benzene rings is 2. The minimum atomic E-state index is -0.139. The number of nitrogens with one attached hydrogen (secondary N) is 1. The van der Waals surface area contributed by atoms with Gasteiger partial charge in [-0.25, -0.2) is 0 Å². The lowest BCUT2D eigenvalue weighted by molar-refractivity contribution is -0.116. The Bertz CT molecular complexity index is 779. The largest absolute Gasteiger partial charge is 0.383 e. The molecule has 6 heteroatoms. The molecule has 3 rings (SSSR count). The van der Waals surface area contributed by atoms with Crippen LogP contribution in [0.5, 0.6) is 0 Å². The summed E-state index contributed by atoms with van der Waals surface area (Å²) in [5, 5.41) is 2.81. The van der Waals surface area contributed by atoms with Crippen LogP contribution in [0, 0.1) is 0 Å². The fourth-order valence-electron chi connectivity index (χ4n) is 2.69. The van der Waals surface area contributed by atoms with Crippen molar-refractivity contribution in [1.82, 2.24) is 5.32 Å². The van der Waals surface area contributed by atoms with Crippen molar-refractivity contribution >= 4 is 29.3 Å². The Hall–Kier alpha value is -2.31. The van der Waals surface area contributed by atoms with E-state index in [1.54, 1.807) is 29.8 Å². The van der Waals surface area contributed by atoms with Gasteiger partial charge in [0, 0.05) is 24.1 Å². The number of rotatable bonds is 6. The fraction of sp³-hybridized carbons (Fsp3) is 0.263. The number of fused-ring (bicyclic) bond motifs is 1. The molecule has 0 saturated heterocycles. The molecule has 2 amide bonds. The molecule has 5 nitrogen and oxygen atoms in total. The van der Waals surface area contributed by atoms with E-state index in [2.05, 4.69) is 5.32 Å². The van der Waals surface area contributed by atoms with Gasteiger partial charge in [-0.3, -0.25) is 9.59 Å². The first-order valence-corrected chi connectivity index (χ1v) is 9.06. The molecule has 1 aliphatic rings. The Morgan fingerprint density at radius 2 is 2.08 bits per heavy atom. The average molecular weight is 356 g/mol. The highest BCUT2D eigenvalue weighted by molar-refractivity contribution is 8.00. The molecule has 1 heterocycles. The molecule has 2 aromatic rings. The van der Waals surface area contributed by atoms with Crippen molar-refractivity contribution in [1.29, 1.82) is 0 Å². The van der Waals surface area contributed by atoms with Gasteiger partial charge < -0.3 is 15.0 Å². The van der Waals surface area contributed by atoms with Crippen LogP contribution in [0.15, 0.2) is 53.4 Å². The molecule has 0 unspecified atom stereocenters. The second-order valence-electron chi connectivity index (χ2n) is 5.69. The Morgan fingerprint density at radius 1 is 1.24 bits per heavy atom. The molecule has 1 aliphatic heterocycles. The van der Waals surface area contributed by atoms with Gasteiger partial charge in [-0.05, 0) is 29.8 Å². The maximum Gasteiger partial charge on any atom is 0.251 e. The molecule has 0 aliphatic carbocycles. The summed E-state index contributed by atoms with van der Waals surface area (Å²) in [6, 6.07) is 15.3. The van der Waals surface area contributed by atoms with Crippen molar-refractivity contribution in [3.63, 3.8) is 0 Å². The number of nitrogens with zero attached hydrogens (tertiary/aromatic N) is 1. The van der Waals surface area contributed by atoms with Crippen LogP contribution in [-0.4, -0.2) is 37.8 Å². The Kier molecular flexibility index (Phi) is 5.73. The third-order valence-electron chi connectivity index (χ3n) is 3.93. The van der Waals surface area contributed by atoms with Crippen molar-refractivity contribution in [3.8, 4) is 0 Å². The number of amides is 2. The first-order valence-electron chi connectivity index (χ1n) is 8.07. The molecule has 0 atom stereocenters. The summed E-state index contributed by atoms with van der Waals surface area (Å²) in [7, 11) is 1.60. The highest BCUT2D eigenvalue weighted by Gasteiger charge is 2.24. The van der Waals surface area contributed by atoms with Crippen LogP contribution >= 0.6 is 11.8 Å². The average Bonchev–Trinajstić information content (AvgIpc) is 2.64. The van der Waals surface area contributed by atoms with Crippen LogP contribution in [0.2, 0.25) is 0 Å². The Labute approximate surface area is 151 Å². The quantitative estimate of drug-likeness (QED) is 0.809. The normalized spacial score (nSPS) is 13.5. The van der Waals surface area contributed by atoms with E-state index in [4.69, 9.17) is 4.74 Å². The second kappa shape index (κ2) is 8.18. The standard InChI is InChI=1S/C19H20N2O3S/c1-24-10-9-20-19(23)15-6-4-5-14(11-15)12-21-16-7-2-3-8-17(16)25-13-18(21)22/h2-8,11H,9-10,12-13H2,1H3,(H,20,23). The van der Waals surface area contributed by atoms with Gasteiger partial charge in [0.15, 0.2) is 0 Å². The molecule has 0 bridgehead atoms.